The zero-order chi connectivity index (χ0) is 22.3. The molecular formula is C26H26O5. The van der Waals surface area contributed by atoms with Gasteiger partial charge in [-0.1, -0.05) is 51.1 Å². The summed E-state index contributed by atoms with van der Waals surface area (Å²) in [5.41, 5.74) is 1.99. The topological polar surface area (TPSA) is 61.8 Å². The summed E-state index contributed by atoms with van der Waals surface area (Å²) in [6, 6.07) is 22.9. The van der Waals surface area contributed by atoms with Crippen molar-refractivity contribution in [3.8, 4) is 11.5 Å². The van der Waals surface area contributed by atoms with E-state index in [0.29, 0.717) is 16.9 Å². The van der Waals surface area contributed by atoms with Crippen molar-refractivity contribution in [3.63, 3.8) is 0 Å². The first-order valence-electron chi connectivity index (χ1n) is 10.1. The van der Waals surface area contributed by atoms with Crippen LogP contribution in [0.3, 0.4) is 0 Å². The van der Waals surface area contributed by atoms with Crippen molar-refractivity contribution >= 4 is 11.9 Å². The summed E-state index contributed by atoms with van der Waals surface area (Å²) in [5, 5.41) is 0. The van der Waals surface area contributed by atoms with E-state index < -0.39 is 11.9 Å². The van der Waals surface area contributed by atoms with Gasteiger partial charge >= 0.3 is 11.9 Å². The third-order valence-corrected chi connectivity index (χ3v) is 4.62. The van der Waals surface area contributed by atoms with E-state index in [4.69, 9.17) is 14.2 Å². The molecule has 31 heavy (non-hydrogen) atoms. The summed E-state index contributed by atoms with van der Waals surface area (Å²) < 4.78 is 16.1. The number of hydrogen-bond donors (Lipinski definition) is 0. The second-order valence-electron chi connectivity index (χ2n) is 8.04. The van der Waals surface area contributed by atoms with Crippen molar-refractivity contribution in [2.45, 2.75) is 26.2 Å². The molecule has 0 saturated carbocycles. The Bertz CT molecular complexity index is 1000. The molecule has 0 amide bonds. The van der Waals surface area contributed by atoms with E-state index in [0.717, 1.165) is 11.3 Å². The highest BCUT2D eigenvalue weighted by atomic mass is 16.6. The number of para-hydroxylation sites is 1. The van der Waals surface area contributed by atoms with Crippen molar-refractivity contribution in [3.05, 3.63) is 95.6 Å². The number of hydrogen-bond acceptors (Lipinski definition) is 5. The van der Waals surface area contributed by atoms with E-state index in [2.05, 4.69) is 20.8 Å². The van der Waals surface area contributed by atoms with Gasteiger partial charge in [-0.15, -0.1) is 0 Å². The van der Waals surface area contributed by atoms with Crippen molar-refractivity contribution in [1.82, 2.24) is 0 Å². The van der Waals surface area contributed by atoms with Crippen LogP contribution in [-0.4, -0.2) is 25.2 Å². The molecule has 0 atom stereocenters. The van der Waals surface area contributed by atoms with Crippen LogP contribution in [-0.2, 0) is 10.2 Å². The molecule has 0 aliphatic heterocycles. The van der Waals surface area contributed by atoms with Gasteiger partial charge in [0.2, 0.25) is 0 Å². The van der Waals surface area contributed by atoms with Gasteiger partial charge in [0.25, 0.3) is 0 Å². The first-order chi connectivity index (χ1) is 14.8. The van der Waals surface area contributed by atoms with Crippen molar-refractivity contribution in [2.75, 3.05) is 13.2 Å². The molecule has 0 unspecified atom stereocenters. The molecule has 0 aliphatic rings. The molecule has 5 nitrogen and oxygen atoms in total. The maximum absolute atomic E-state index is 12.4. The van der Waals surface area contributed by atoms with E-state index >= 15 is 0 Å². The van der Waals surface area contributed by atoms with Gasteiger partial charge in [0.1, 0.15) is 24.7 Å². The highest BCUT2D eigenvalue weighted by Gasteiger charge is 2.15. The van der Waals surface area contributed by atoms with Crippen molar-refractivity contribution in [2.24, 2.45) is 0 Å². The lowest BCUT2D eigenvalue weighted by molar-refractivity contribution is 0.0450. The number of ether oxygens (including phenoxy) is 3. The minimum Gasteiger partial charge on any atom is -0.490 e. The summed E-state index contributed by atoms with van der Waals surface area (Å²) in [5.74, 6) is 0.160. The van der Waals surface area contributed by atoms with E-state index in [1.54, 1.807) is 36.4 Å². The third kappa shape index (κ3) is 6.44. The zero-order valence-electron chi connectivity index (χ0n) is 18.0. The van der Waals surface area contributed by atoms with Crippen LogP contribution in [0.15, 0.2) is 78.9 Å². The van der Waals surface area contributed by atoms with Crippen LogP contribution in [0.5, 0.6) is 11.5 Å². The van der Waals surface area contributed by atoms with Crippen LogP contribution < -0.4 is 9.47 Å². The molecule has 3 aromatic rings. The van der Waals surface area contributed by atoms with Gasteiger partial charge in [0.15, 0.2) is 0 Å². The van der Waals surface area contributed by atoms with Gasteiger partial charge in [-0.05, 0) is 59.5 Å². The fourth-order valence-electron chi connectivity index (χ4n) is 2.83. The first kappa shape index (κ1) is 22.1. The van der Waals surface area contributed by atoms with E-state index in [1.807, 2.05) is 42.5 Å². The van der Waals surface area contributed by atoms with Crippen LogP contribution >= 0.6 is 0 Å². The van der Waals surface area contributed by atoms with Gasteiger partial charge in [-0.25, -0.2) is 9.59 Å². The molecular weight excluding hydrogens is 392 g/mol. The molecule has 5 heteroatoms. The lowest BCUT2D eigenvalue weighted by Crippen LogP contribution is -2.13. The molecule has 0 fully saturated rings. The fraction of sp³-hybridized carbons (Fsp3) is 0.231. The summed E-state index contributed by atoms with van der Waals surface area (Å²) in [6.45, 7) is 6.74. The SMILES string of the molecule is CC(C)(C)c1ccc(C(=O)Oc2ccc(C(=O)OCCOc3ccccc3)cc2)cc1. The van der Waals surface area contributed by atoms with Gasteiger partial charge in [0.05, 0.1) is 11.1 Å². The molecule has 0 radical (unpaired) electrons. The molecule has 0 N–H and O–H groups in total. The number of carbonyl (C=O) groups excluding carboxylic acids is 2. The van der Waals surface area contributed by atoms with Gasteiger partial charge < -0.3 is 14.2 Å². The lowest BCUT2D eigenvalue weighted by atomic mass is 9.87. The summed E-state index contributed by atoms with van der Waals surface area (Å²) in [4.78, 5) is 24.5. The second kappa shape index (κ2) is 9.94. The smallest absolute Gasteiger partial charge is 0.343 e. The number of esters is 2. The lowest BCUT2D eigenvalue weighted by Gasteiger charge is -2.18. The Morgan fingerprint density at radius 3 is 1.87 bits per heavy atom. The molecule has 0 bridgehead atoms. The largest absolute Gasteiger partial charge is 0.490 e. The Balaban J connectivity index is 1.49. The highest BCUT2D eigenvalue weighted by molar-refractivity contribution is 5.92. The van der Waals surface area contributed by atoms with E-state index in [9.17, 15) is 9.59 Å². The molecule has 3 rings (SSSR count). The molecule has 0 heterocycles. The standard InChI is InChI=1S/C26H26O5/c1-26(2,3)21-13-9-20(10-14-21)25(28)31-23-15-11-19(12-16-23)24(27)30-18-17-29-22-7-5-4-6-8-22/h4-16H,17-18H2,1-3H3. The van der Waals surface area contributed by atoms with E-state index in [-0.39, 0.29) is 18.6 Å². The second-order valence-corrected chi connectivity index (χ2v) is 8.04. The molecule has 0 saturated heterocycles. The number of carbonyl (C=O) groups is 2. The fourth-order valence-corrected chi connectivity index (χ4v) is 2.83. The minimum absolute atomic E-state index is 0.0144. The van der Waals surface area contributed by atoms with Crippen LogP contribution in [0.2, 0.25) is 0 Å². The van der Waals surface area contributed by atoms with Gasteiger partial charge in [-0.2, -0.15) is 0 Å². The average molecular weight is 418 g/mol. The van der Waals surface area contributed by atoms with Crippen molar-refractivity contribution in [1.29, 1.82) is 0 Å². The predicted molar refractivity (Wildman–Crippen MR) is 119 cm³/mol. The summed E-state index contributed by atoms with van der Waals surface area (Å²) in [6.07, 6.45) is 0. The third-order valence-electron chi connectivity index (χ3n) is 4.62. The monoisotopic (exact) mass is 418 g/mol. The van der Waals surface area contributed by atoms with Gasteiger partial charge in [-0.3, -0.25) is 0 Å². The van der Waals surface area contributed by atoms with Crippen LogP contribution in [0, 0.1) is 0 Å². The Labute approximate surface area is 182 Å². The first-order valence-corrected chi connectivity index (χ1v) is 10.1. The maximum Gasteiger partial charge on any atom is 0.343 e. The Morgan fingerprint density at radius 1 is 0.677 bits per heavy atom. The average Bonchev–Trinajstić information content (AvgIpc) is 2.77. The van der Waals surface area contributed by atoms with Crippen LogP contribution in [0.1, 0.15) is 47.1 Å². The minimum atomic E-state index is -0.465. The number of benzene rings is 3. The normalized spacial score (nSPS) is 10.9. The van der Waals surface area contributed by atoms with Crippen molar-refractivity contribution < 1.29 is 23.8 Å². The molecule has 0 spiro atoms. The Kier molecular flexibility index (Phi) is 7.08. The van der Waals surface area contributed by atoms with Gasteiger partial charge in [0, 0.05) is 0 Å². The zero-order valence-corrected chi connectivity index (χ0v) is 18.0. The summed E-state index contributed by atoms with van der Waals surface area (Å²) in [7, 11) is 0. The quantitative estimate of drug-likeness (QED) is 0.290. The van der Waals surface area contributed by atoms with E-state index in [1.165, 1.54) is 0 Å². The number of rotatable bonds is 7. The predicted octanol–water partition coefficient (Wildman–Crippen LogP) is 5.44. The summed E-state index contributed by atoms with van der Waals surface area (Å²) >= 11 is 0. The van der Waals surface area contributed by atoms with Crippen LogP contribution in [0.25, 0.3) is 0 Å². The molecule has 3 aromatic carbocycles. The molecule has 0 aliphatic carbocycles. The highest BCUT2D eigenvalue weighted by Crippen LogP contribution is 2.23. The Morgan fingerprint density at radius 2 is 1.26 bits per heavy atom. The molecule has 0 aromatic heterocycles. The maximum atomic E-state index is 12.4. The Hall–Kier alpha value is -3.60. The van der Waals surface area contributed by atoms with Crippen LogP contribution in [0.4, 0.5) is 0 Å². The molecule has 160 valence electrons.